The van der Waals surface area contributed by atoms with Gasteiger partial charge in [0.05, 0.1) is 76.1 Å². The van der Waals surface area contributed by atoms with Crippen molar-refractivity contribution in [2.75, 3.05) is 48.5 Å². The van der Waals surface area contributed by atoms with Crippen molar-refractivity contribution in [3.8, 4) is 0 Å². The summed E-state index contributed by atoms with van der Waals surface area (Å²) in [4.78, 5) is 42.7. The molecule has 24 heteroatoms. The third-order valence-electron chi connectivity index (χ3n) is 13.5. The third-order valence-corrected chi connectivity index (χ3v) is 14.1. The molecule has 6 aromatic rings. The van der Waals surface area contributed by atoms with Gasteiger partial charge in [-0.2, -0.15) is 26.3 Å². The number of fused-ring (bicyclic) bond motifs is 2. The topological polar surface area (TPSA) is 209 Å². The predicted octanol–water partition coefficient (Wildman–Crippen LogP) is 10.4. The molecular weight excluding hydrogens is 1070 g/mol. The number of nitrogens with two attached hydrogens (primary N) is 2. The molecule has 76 heavy (non-hydrogen) atoms. The van der Waals surface area contributed by atoms with Crippen molar-refractivity contribution in [2.24, 2.45) is 14.1 Å². The summed E-state index contributed by atoms with van der Waals surface area (Å²) < 4.78 is 105. The van der Waals surface area contributed by atoms with Crippen LogP contribution in [0.3, 0.4) is 0 Å². The van der Waals surface area contributed by atoms with Crippen LogP contribution >= 0.6 is 15.9 Å². The standard InChI is InChI=1S/C23H24F3N5O2.C18H17BrF3N5O.C11H19BO3/c1-12(15-8-16(23(24,25)26)10-17(27)9-15)28-20-19-11-18(14-4-6-33-7-5-14)22(32)31(3)21(19)30-13(2)29-20;1-8(10-4-11(18(20,21)22)6-12(23)5-10)24-15-13-7-14(19)17(28)27(3)16(13)26-9(2)25-15;1-10(2)11(3,4)15-12(14-10)9-5-7-13-8-6-9/h4,8-12H,5-7,27H2,1-3H3,(H,28,29,30);4-8H,23H2,1-3H3,(H,24,25,26);5H,6-8H2,1-4H3/t12-;8-;/m11./s1. The Bertz CT molecular complexity index is 3350. The van der Waals surface area contributed by atoms with Crippen molar-refractivity contribution in [2.45, 2.75) is 104 Å². The Kier molecular flexibility index (Phi) is 16.9. The van der Waals surface area contributed by atoms with Crippen LogP contribution in [0.4, 0.5) is 49.4 Å². The molecule has 2 aromatic carbocycles. The highest BCUT2D eigenvalue weighted by Gasteiger charge is 2.52. The zero-order chi connectivity index (χ0) is 55.8. The normalized spacial score (nSPS) is 17.2. The first-order valence-electron chi connectivity index (χ1n) is 24.2. The van der Waals surface area contributed by atoms with Crippen molar-refractivity contribution in [1.29, 1.82) is 0 Å². The molecule has 1 saturated heterocycles. The van der Waals surface area contributed by atoms with Crippen molar-refractivity contribution >= 4 is 73.7 Å². The quantitative estimate of drug-likeness (QED) is 0.0635. The summed E-state index contributed by atoms with van der Waals surface area (Å²) in [6.45, 7) is 17.5. The van der Waals surface area contributed by atoms with Crippen LogP contribution in [0.5, 0.6) is 0 Å². The molecule has 1 fully saturated rings. The van der Waals surface area contributed by atoms with Crippen LogP contribution in [0.2, 0.25) is 0 Å². The van der Waals surface area contributed by atoms with Crippen molar-refractivity contribution in [3.63, 3.8) is 0 Å². The molecule has 406 valence electrons. The van der Waals surface area contributed by atoms with E-state index in [1.54, 1.807) is 53.9 Å². The summed E-state index contributed by atoms with van der Waals surface area (Å²) in [5, 5.41) is 7.46. The van der Waals surface area contributed by atoms with E-state index in [4.69, 9.17) is 30.2 Å². The zero-order valence-corrected chi connectivity index (χ0v) is 45.3. The van der Waals surface area contributed by atoms with Crippen molar-refractivity contribution in [3.05, 3.63) is 131 Å². The van der Waals surface area contributed by atoms with Gasteiger partial charge < -0.3 is 40.9 Å². The fourth-order valence-electron chi connectivity index (χ4n) is 8.57. The van der Waals surface area contributed by atoms with E-state index in [1.807, 2.05) is 6.08 Å². The Hall–Kier alpha value is -6.34. The lowest BCUT2D eigenvalue weighted by Gasteiger charge is -2.32. The summed E-state index contributed by atoms with van der Waals surface area (Å²) in [7, 11) is 3.04. The highest BCUT2D eigenvalue weighted by Crippen LogP contribution is 2.40. The number of aromatic nitrogens is 6. The van der Waals surface area contributed by atoms with Crippen LogP contribution in [0, 0.1) is 13.8 Å². The number of benzene rings is 2. The molecule has 3 aliphatic rings. The van der Waals surface area contributed by atoms with Crippen molar-refractivity contribution < 1.29 is 45.1 Å². The van der Waals surface area contributed by atoms with E-state index in [1.165, 1.54) is 26.7 Å². The monoisotopic (exact) mass is 1120 g/mol. The minimum Gasteiger partial charge on any atom is -0.400 e. The summed E-state index contributed by atoms with van der Waals surface area (Å²) in [5.41, 5.74) is 13.1. The number of hydrogen-bond donors (Lipinski definition) is 4. The van der Waals surface area contributed by atoms with Gasteiger partial charge in [-0.3, -0.25) is 18.7 Å². The van der Waals surface area contributed by atoms with Crippen LogP contribution in [0.15, 0.2) is 80.2 Å². The molecule has 0 saturated carbocycles. The molecular formula is C52H60BBrF6N10O6. The fraction of sp³-hybridized carbons (Fsp3) is 0.423. The number of nitrogens with one attached hydrogen (secondary N) is 2. The molecule has 6 N–H and O–H groups in total. The largest absolute Gasteiger partial charge is 0.490 e. The first-order chi connectivity index (χ1) is 35.4. The lowest BCUT2D eigenvalue weighted by atomic mass is 9.75. The average molecular weight is 1130 g/mol. The minimum atomic E-state index is -4.51. The van der Waals surface area contributed by atoms with E-state index in [2.05, 4.69) is 80.3 Å². The predicted molar refractivity (Wildman–Crippen MR) is 286 cm³/mol. The molecule has 0 spiro atoms. The van der Waals surface area contributed by atoms with Crippen molar-refractivity contribution in [1.82, 2.24) is 29.1 Å². The molecule has 0 amide bonds. The molecule has 7 heterocycles. The van der Waals surface area contributed by atoms with Crippen LogP contribution in [-0.2, 0) is 45.2 Å². The van der Waals surface area contributed by atoms with E-state index in [-0.39, 0.29) is 40.8 Å². The van der Waals surface area contributed by atoms with E-state index < -0.39 is 35.6 Å². The number of pyridine rings is 2. The molecule has 3 aliphatic heterocycles. The Morgan fingerprint density at radius 2 is 1.11 bits per heavy atom. The van der Waals surface area contributed by atoms with Gasteiger partial charge in [0.15, 0.2) is 0 Å². The van der Waals surface area contributed by atoms with Crippen LogP contribution in [0.25, 0.3) is 27.6 Å². The smallest absolute Gasteiger partial charge is 0.400 e. The van der Waals surface area contributed by atoms with Gasteiger partial charge in [-0.05, 0) is 155 Å². The van der Waals surface area contributed by atoms with Gasteiger partial charge in [0.25, 0.3) is 11.1 Å². The maximum Gasteiger partial charge on any atom is 0.490 e. The highest BCUT2D eigenvalue weighted by molar-refractivity contribution is 9.10. The number of alkyl halides is 6. The second-order valence-corrected chi connectivity index (χ2v) is 20.6. The molecule has 9 rings (SSSR count). The van der Waals surface area contributed by atoms with Gasteiger partial charge in [-0.15, -0.1) is 0 Å². The molecule has 0 aliphatic carbocycles. The number of nitrogens with zero attached hydrogens (tertiary/aromatic N) is 6. The number of aryl methyl sites for hydroxylation is 4. The number of nitrogen functional groups attached to an aromatic ring is 2. The first-order valence-corrected chi connectivity index (χ1v) is 25.0. The summed E-state index contributed by atoms with van der Waals surface area (Å²) in [6.07, 6.45) is -3.53. The average Bonchev–Trinajstić information content (AvgIpc) is 3.59. The van der Waals surface area contributed by atoms with Gasteiger partial charge in [-0.1, -0.05) is 12.2 Å². The van der Waals surface area contributed by atoms with E-state index >= 15 is 0 Å². The van der Waals surface area contributed by atoms with Gasteiger partial charge in [0, 0.05) is 31.0 Å². The number of anilines is 4. The molecule has 0 bridgehead atoms. The van der Waals surface area contributed by atoms with E-state index in [0.717, 1.165) is 42.9 Å². The summed E-state index contributed by atoms with van der Waals surface area (Å²) in [5.74, 6) is 1.67. The van der Waals surface area contributed by atoms with Gasteiger partial charge in [-0.25, -0.2) is 19.9 Å². The maximum atomic E-state index is 13.3. The molecule has 4 aromatic heterocycles. The molecule has 0 radical (unpaired) electrons. The fourth-order valence-corrected chi connectivity index (χ4v) is 9.06. The van der Waals surface area contributed by atoms with E-state index in [0.29, 0.717) is 92.8 Å². The van der Waals surface area contributed by atoms with Gasteiger partial charge >= 0.3 is 19.5 Å². The number of rotatable bonds is 8. The Morgan fingerprint density at radius 1 is 0.658 bits per heavy atom. The van der Waals surface area contributed by atoms with Gasteiger partial charge in [0.2, 0.25) is 0 Å². The van der Waals surface area contributed by atoms with E-state index in [9.17, 15) is 35.9 Å². The second-order valence-electron chi connectivity index (χ2n) is 19.7. The third kappa shape index (κ3) is 12.9. The SMILES string of the molecule is CC1(C)OB(C2=CCOCC2)OC1(C)C.Cc1nc(N[C@H](C)c2cc(N)cc(C(F)(F)F)c2)c2cc(Br)c(=O)n(C)c2n1.Cc1nc(N[C@H](C)c2cc(N)cc(C(F)(F)F)c2)c2cc(C3=CCOCC3)c(=O)n(C)c2n1. The van der Waals surface area contributed by atoms with Gasteiger partial charge in [0.1, 0.15) is 34.6 Å². The van der Waals surface area contributed by atoms with Crippen LogP contribution in [0.1, 0.15) is 106 Å². The number of hydrogen-bond acceptors (Lipinski definition) is 14. The Morgan fingerprint density at radius 3 is 1.54 bits per heavy atom. The number of ether oxygens (including phenoxy) is 2. The van der Waals surface area contributed by atoms with Crippen LogP contribution in [-0.4, -0.2) is 73.8 Å². The zero-order valence-electron chi connectivity index (χ0n) is 43.7. The molecule has 16 nitrogen and oxygen atoms in total. The molecule has 0 unspecified atom stereocenters. The molecule has 2 atom stereocenters. The lowest BCUT2D eigenvalue weighted by molar-refractivity contribution is -0.138. The summed E-state index contributed by atoms with van der Waals surface area (Å²) in [6, 6.07) is 9.15. The minimum absolute atomic E-state index is 0.0207. The van der Waals surface area contributed by atoms with Crippen LogP contribution < -0.4 is 33.2 Å². The maximum absolute atomic E-state index is 13.3. The lowest BCUT2D eigenvalue weighted by Crippen LogP contribution is -2.41. The number of halogens is 7. The Labute approximate surface area is 443 Å². The summed E-state index contributed by atoms with van der Waals surface area (Å²) >= 11 is 3.21. The Balaban J connectivity index is 0.000000177. The second kappa shape index (κ2) is 22.3. The first kappa shape index (κ1) is 57.4. The highest BCUT2D eigenvalue weighted by atomic mass is 79.9.